The van der Waals surface area contributed by atoms with Crippen molar-refractivity contribution in [3.05, 3.63) is 71.7 Å². The van der Waals surface area contributed by atoms with Gasteiger partial charge in [-0.3, -0.25) is 19.4 Å². The Morgan fingerprint density at radius 1 is 1.25 bits per heavy atom. The van der Waals surface area contributed by atoms with Crippen LogP contribution in [-0.4, -0.2) is 32.8 Å². The van der Waals surface area contributed by atoms with E-state index in [4.69, 9.17) is 10.5 Å². The minimum Gasteiger partial charge on any atom is -0.378 e. The molecule has 1 amide bonds. The van der Waals surface area contributed by atoms with Gasteiger partial charge in [-0.2, -0.15) is 5.10 Å². The van der Waals surface area contributed by atoms with Gasteiger partial charge in [-0.15, -0.1) is 0 Å². The highest BCUT2D eigenvalue weighted by atomic mass is 19.1. The van der Waals surface area contributed by atoms with Gasteiger partial charge < -0.3 is 15.8 Å². The van der Waals surface area contributed by atoms with Crippen molar-refractivity contribution >= 4 is 22.5 Å². The number of rotatable bonds is 7. The molecule has 3 aromatic heterocycles. The summed E-state index contributed by atoms with van der Waals surface area (Å²) in [6.45, 7) is 2.29. The fraction of sp³-hybridized carbons (Fsp3) is 0.217. The number of hydrogen-bond acceptors (Lipinski definition) is 6. The first-order valence-electron chi connectivity index (χ1n) is 9.99. The number of halogens is 1. The third-order valence-corrected chi connectivity index (χ3v) is 5.19. The summed E-state index contributed by atoms with van der Waals surface area (Å²) in [6.07, 6.45) is 4.78. The Bertz CT molecular complexity index is 1290. The number of methoxy groups -OCH3 is 1. The number of nitrogens with zero attached hydrogens (tertiary/aromatic N) is 4. The van der Waals surface area contributed by atoms with Crippen LogP contribution < -0.4 is 11.1 Å². The van der Waals surface area contributed by atoms with E-state index in [1.54, 1.807) is 36.2 Å². The monoisotopic (exact) mass is 434 g/mol. The van der Waals surface area contributed by atoms with Crippen molar-refractivity contribution in [3.63, 3.8) is 0 Å². The van der Waals surface area contributed by atoms with Gasteiger partial charge in [-0.1, -0.05) is 6.07 Å². The summed E-state index contributed by atoms with van der Waals surface area (Å²) in [5.41, 5.74) is 9.16. The third kappa shape index (κ3) is 4.15. The van der Waals surface area contributed by atoms with Crippen molar-refractivity contribution in [1.29, 1.82) is 0 Å². The molecular weight excluding hydrogens is 411 g/mol. The number of carbonyl (C=O) groups is 1. The van der Waals surface area contributed by atoms with Crippen molar-refractivity contribution in [2.45, 2.75) is 19.6 Å². The number of nitrogens with one attached hydrogen (secondary N) is 1. The zero-order valence-corrected chi connectivity index (χ0v) is 18.0. The second-order valence-corrected chi connectivity index (χ2v) is 7.51. The first-order valence-corrected chi connectivity index (χ1v) is 9.99. The lowest BCUT2D eigenvalue weighted by molar-refractivity contribution is 0.100. The van der Waals surface area contributed by atoms with Gasteiger partial charge in [0.2, 0.25) is 0 Å². The second kappa shape index (κ2) is 8.72. The number of amides is 1. The van der Waals surface area contributed by atoms with Gasteiger partial charge in [-0.25, -0.2) is 4.39 Å². The number of ether oxygens (including phenoxy) is 1. The van der Waals surface area contributed by atoms with Crippen molar-refractivity contribution in [3.8, 4) is 11.1 Å². The molecule has 0 spiro atoms. The van der Waals surface area contributed by atoms with Crippen molar-refractivity contribution in [2.75, 3.05) is 12.4 Å². The van der Waals surface area contributed by atoms with Crippen LogP contribution in [0.5, 0.6) is 0 Å². The summed E-state index contributed by atoms with van der Waals surface area (Å²) in [7, 11) is 3.41. The molecule has 0 saturated carbocycles. The molecule has 0 unspecified atom stereocenters. The van der Waals surface area contributed by atoms with E-state index >= 15 is 0 Å². The molecule has 8 nitrogen and oxygen atoms in total. The Kier molecular flexibility index (Phi) is 5.83. The molecule has 0 aliphatic carbocycles. The quantitative estimate of drug-likeness (QED) is 0.460. The Morgan fingerprint density at radius 2 is 2.06 bits per heavy atom. The lowest BCUT2D eigenvalue weighted by Crippen LogP contribution is -2.17. The molecule has 4 rings (SSSR count). The van der Waals surface area contributed by atoms with Gasteiger partial charge in [0.05, 0.1) is 40.8 Å². The summed E-state index contributed by atoms with van der Waals surface area (Å²) in [5.74, 6) is -1.08. The molecule has 0 bridgehead atoms. The van der Waals surface area contributed by atoms with Crippen LogP contribution in [0.25, 0.3) is 22.0 Å². The topological polar surface area (TPSA) is 108 Å². The molecule has 0 aliphatic heterocycles. The fourth-order valence-electron chi connectivity index (χ4n) is 3.55. The smallest absolute Gasteiger partial charge is 0.252 e. The van der Waals surface area contributed by atoms with Gasteiger partial charge >= 0.3 is 0 Å². The number of aromatic nitrogens is 4. The molecule has 0 aliphatic rings. The summed E-state index contributed by atoms with van der Waals surface area (Å²) in [4.78, 5) is 20.7. The summed E-state index contributed by atoms with van der Waals surface area (Å²) in [5, 5.41) is 8.30. The van der Waals surface area contributed by atoms with E-state index in [1.807, 2.05) is 26.2 Å². The van der Waals surface area contributed by atoms with Gasteiger partial charge in [0.15, 0.2) is 0 Å². The van der Waals surface area contributed by atoms with Crippen LogP contribution >= 0.6 is 0 Å². The molecular formula is C23H23FN6O2. The van der Waals surface area contributed by atoms with E-state index in [0.29, 0.717) is 34.3 Å². The summed E-state index contributed by atoms with van der Waals surface area (Å²) < 4.78 is 21.7. The highest BCUT2D eigenvalue weighted by Gasteiger charge is 2.19. The molecule has 3 N–H and O–H groups in total. The van der Waals surface area contributed by atoms with Crippen LogP contribution in [0, 0.1) is 5.82 Å². The largest absolute Gasteiger partial charge is 0.378 e. The molecule has 1 aromatic carbocycles. The van der Waals surface area contributed by atoms with E-state index in [2.05, 4.69) is 20.4 Å². The third-order valence-electron chi connectivity index (χ3n) is 5.19. The average Bonchev–Trinajstić information content (AvgIpc) is 3.20. The van der Waals surface area contributed by atoms with Crippen molar-refractivity contribution in [1.82, 2.24) is 19.7 Å². The van der Waals surface area contributed by atoms with E-state index in [1.165, 1.54) is 12.3 Å². The number of anilines is 1. The van der Waals surface area contributed by atoms with Gasteiger partial charge in [0.1, 0.15) is 5.82 Å². The van der Waals surface area contributed by atoms with E-state index < -0.39 is 11.7 Å². The van der Waals surface area contributed by atoms with Crippen LogP contribution in [0.15, 0.2) is 48.9 Å². The Balaban J connectivity index is 1.84. The summed E-state index contributed by atoms with van der Waals surface area (Å²) >= 11 is 0. The highest BCUT2D eigenvalue weighted by molar-refractivity contribution is 6.07. The first-order chi connectivity index (χ1) is 15.4. The van der Waals surface area contributed by atoms with Crippen LogP contribution in [0.2, 0.25) is 0 Å². The Hall–Kier alpha value is -3.85. The van der Waals surface area contributed by atoms with E-state index in [9.17, 15) is 9.18 Å². The molecule has 3 heterocycles. The second-order valence-electron chi connectivity index (χ2n) is 7.51. The summed E-state index contributed by atoms with van der Waals surface area (Å²) in [6, 6.07) is 8.20. The van der Waals surface area contributed by atoms with Crippen LogP contribution in [0.3, 0.4) is 0 Å². The number of fused-ring (bicyclic) bond motifs is 1. The number of pyridine rings is 2. The molecule has 0 radical (unpaired) electrons. The van der Waals surface area contributed by atoms with Gasteiger partial charge in [0.25, 0.3) is 5.91 Å². The number of primary amides is 1. The Morgan fingerprint density at radius 3 is 2.69 bits per heavy atom. The molecule has 9 heteroatoms. The van der Waals surface area contributed by atoms with E-state index in [0.717, 1.165) is 11.4 Å². The zero-order chi connectivity index (χ0) is 22.8. The zero-order valence-electron chi connectivity index (χ0n) is 18.0. The van der Waals surface area contributed by atoms with Gasteiger partial charge in [0, 0.05) is 55.3 Å². The van der Waals surface area contributed by atoms with Crippen LogP contribution in [0.4, 0.5) is 10.1 Å². The van der Waals surface area contributed by atoms with Crippen molar-refractivity contribution < 1.29 is 13.9 Å². The normalized spacial score (nSPS) is 12.1. The van der Waals surface area contributed by atoms with Gasteiger partial charge in [-0.05, 0) is 25.1 Å². The predicted molar refractivity (Wildman–Crippen MR) is 119 cm³/mol. The number of carbonyl (C=O) groups excluding carboxylic acids is 1. The SMILES string of the molecule is COCc1ccc(-c2cc3c(N[C@H](C)c4ccn(C)n4)c(C(N)=O)cnc3cc2F)cn1. The maximum absolute atomic E-state index is 15.0. The molecule has 4 aromatic rings. The minimum absolute atomic E-state index is 0.214. The standard InChI is InChI=1S/C23H23FN6O2/c1-13(20-6-7-30(2)29-20)28-22-17-8-16(14-4-5-15(12-32-3)26-10-14)19(24)9-21(17)27-11-18(22)23(25)31/h4-11,13H,12H2,1-3H3,(H2,25,31)(H,27,28)/t13-/m1/s1. The highest BCUT2D eigenvalue weighted by Crippen LogP contribution is 2.34. The Labute approximate surface area is 184 Å². The molecule has 32 heavy (non-hydrogen) atoms. The lowest BCUT2D eigenvalue weighted by atomic mass is 10.0. The number of aryl methyl sites for hydroxylation is 1. The number of nitrogens with two attached hydrogens (primary N) is 1. The molecule has 0 fully saturated rings. The van der Waals surface area contributed by atoms with Crippen LogP contribution in [-0.2, 0) is 18.4 Å². The predicted octanol–water partition coefficient (Wildman–Crippen LogP) is 3.59. The average molecular weight is 434 g/mol. The van der Waals surface area contributed by atoms with Crippen molar-refractivity contribution in [2.24, 2.45) is 12.8 Å². The number of benzene rings is 1. The maximum atomic E-state index is 15.0. The maximum Gasteiger partial charge on any atom is 0.252 e. The fourth-order valence-corrected chi connectivity index (χ4v) is 3.55. The van der Waals surface area contributed by atoms with E-state index in [-0.39, 0.29) is 11.6 Å². The molecule has 0 saturated heterocycles. The minimum atomic E-state index is -0.633. The first kappa shape index (κ1) is 21.4. The number of hydrogen-bond donors (Lipinski definition) is 2. The molecule has 1 atom stereocenters. The van der Waals surface area contributed by atoms with Crippen LogP contribution in [0.1, 0.15) is 34.7 Å². The lowest BCUT2D eigenvalue weighted by Gasteiger charge is -2.18. The molecule has 164 valence electrons.